The lowest BCUT2D eigenvalue weighted by Crippen LogP contribution is -2.00. The van der Waals surface area contributed by atoms with E-state index in [1.165, 1.54) is 30.3 Å². The molecule has 1 aromatic heterocycles. The van der Waals surface area contributed by atoms with Crippen LogP contribution < -0.4 is 4.74 Å². The second-order valence-corrected chi connectivity index (χ2v) is 3.51. The normalized spacial score (nSPS) is 9.83. The number of nitrogens with zero attached hydrogens (tertiary/aromatic N) is 2. The maximum atomic E-state index is 13.5. The van der Waals surface area contributed by atoms with Crippen molar-refractivity contribution in [3.63, 3.8) is 0 Å². The number of hydrogen-bond donors (Lipinski definition) is 0. The van der Waals surface area contributed by atoms with Crippen LogP contribution in [0.1, 0.15) is 11.1 Å². The van der Waals surface area contributed by atoms with E-state index in [1.54, 1.807) is 0 Å². The molecule has 1 heterocycles. The largest absolute Gasteiger partial charge is 0.473 e. The monoisotopic (exact) mass is 246 g/mol. The van der Waals surface area contributed by atoms with Crippen molar-refractivity contribution < 1.29 is 13.5 Å². The highest BCUT2D eigenvalue weighted by molar-refractivity contribution is 5.32. The average Bonchev–Trinajstić information content (AvgIpc) is 2.37. The number of rotatable bonds is 3. The lowest BCUT2D eigenvalue weighted by Gasteiger charge is -2.06. The number of ether oxygens (including phenoxy) is 1. The molecule has 2 rings (SSSR count). The number of pyridine rings is 1. The third-order valence-electron chi connectivity index (χ3n) is 2.25. The molecule has 0 atom stereocenters. The Morgan fingerprint density at radius 1 is 1.22 bits per heavy atom. The Hall–Kier alpha value is -2.48. The van der Waals surface area contributed by atoms with Gasteiger partial charge in [-0.3, -0.25) is 0 Å². The first-order valence-corrected chi connectivity index (χ1v) is 5.13. The quantitative estimate of drug-likeness (QED) is 0.782. The molecule has 2 aromatic rings. The van der Waals surface area contributed by atoms with Crippen molar-refractivity contribution in [3.05, 3.63) is 59.3 Å². The second kappa shape index (κ2) is 5.23. The van der Waals surface area contributed by atoms with E-state index in [2.05, 4.69) is 4.98 Å². The molecule has 0 spiro atoms. The van der Waals surface area contributed by atoms with Crippen molar-refractivity contribution in [2.24, 2.45) is 0 Å². The predicted molar refractivity (Wildman–Crippen MR) is 59.6 cm³/mol. The van der Waals surface area contributed by atoms with Crippen LogP contribution in [0.25, 0.3) is 0 Å². The summed E-state index contributed by atoms with van der Waals surface area (Å²) in [6, 6.07) is 10.0. The smallest absolute Gasteiger partial charge is 0.216 e. The van der Waals surface area contributed by atoms with Crippen molar-refractivity contribution in [3.8, 4) is 11.9 Å². The summed E-state index contributed by atoms with van der Waals surface area (Å²) in [7, 11) is 0. The zero-order chi connectivity index (χ0) is 13.0. The molecule has 0 radical (unpaired) electrons. The van der Waals surface area contributed by atoms with Gasteiger partial charge in [-0.05, 0) is 18.2 Å². The van der Waals surface area contributed by atoms with Crippen LogP contribution >= 0.6 is 0 Å². The van der Waals surface area contributed by atoms with Gasteiger partial charge >= 0.3 is 0 Å². The Morgan fingerprint density at radius 2 is 2.06 bits per heavy atom. The van der Waals surface area contributed by atoms with Gasteiger partial charge in [-0.15, -0.1) is 0 Å². The minimum absolute atomic E-state index is 0.0754. The zero-order valence-electron chi connectivity index (χ0n) is 9.23. The molecule has 90 valence electrons. The van der Waals surface area contributed by atoms with Crippen LogP contribution in [0.5, 0.6) is 5.88 Å². The molecule has 0 amide bonds. The molecule has 0 bridgehead atoms. The Morgan fingerprint density at radius 3 is 2.72 bits per heavy atom. The van der Waals surface area contributed by atoms with Gasteiger partial charge in [-0.2, -0.15) is 14.6 Å². The van der Waals surface area contributed by atoms with Crippen molar-refractivity contribution >= 4 is 0 Å². The SMILES string of the molecule is N#Cc1ccc(COc2cccc(F)n2)c(F)c1. The van der Waals surface area contributed by atoms with Gasteiger partial charge in [0.15, 0.2) is 0 Å². The average molecular weight is 246 g/mol. The standard InChI is InChI=1S/C13H8F2N2O/c14-11-6-9(7-16)4-5-10(11)8-18-13-3-1-2-12(15)17-13/h1-6H,8H2. The van der Waals surface area contributed by atoms with Crippen molar-refractivity contribution in [2.75, 3.05) is 0 Å². The van der Waals surface area contributed by atoms with E-state index >= 15 is 0 Å². The first-order valence-electron chi connectivity index (χ1n) is 5.13. The van der Waals surface area contributed by atoms with Gasteiger partial charge in [0, 0.05) is 11.6 Å². The van der Waals surface area contributed by atoms with E-state index < -0.39 is 11.8 Å². The van der Waals surface area contributed by atoms with Gasteiger partial charge in [0.05, 0.1) is 11.6 Å². The molecule has 3 nitrogen and oxygen atoms in total. The van der Waals surface area contributed by atoms with E-state index in [0.29, 0.717) is 0 Å². The fourth-order valence-electron chi connectivity index (χ4n) is 1.36. The molecule has 0 aliphatic rings. The van der Waals surface area contributed by atoms with Crippen LogP contribution in [-0.2, 0) is 6.61 Å². The summed E-state index contributed by atoms with van der Waals surface area (Å²) in [6.07, 6.45) is 0. The maximum absolute atomic E-state index is 13.5. The lowest BCUT2D eigenvalue weighted by atomic mass is 10.1. The highest BCUT2D eigenvalue weighted by Crippen LogP contribution is 2.13. The second-order valence-electron chi connectivity index (χ2n) is 3.51. The summed E-state index contributed by atoms with van der Waals surface area (Å²) in [5, 5.41) is 8.59. The summed E-state index contributed by atoms with van der Waals surface area (Å²) >= 11 is 0. The molecular weight excluding hydrogens is 238 g/mol. The van der Waals surface area contributed by atoms with Gasteiger partial charge in [-0.25, -0.2) is 4.39 Å². The van der Waals surface area contributed by atoms with Crippen LogP contribution in [0.2, 0.25) is 0 Å². The molecule has 0 aliphatic heterocycles. The Balaban J connectivity index is 2.09. The fourth-order valence-corrected chi connectivity index (χ4v) is 1.36. The van der Waals surface area contributed by atoms with Gasteiger partial charge in [-0.1, -0.05) is 12.1 Å². The van der Waals surface area contributed by atoms with Crippen LogP contribution in [0.4, 0.5) is 8.78 Å². The molecule has 0 saturated carbocycles. The van der Waals surface area contributed by atoms with Gasteiger partial charge in [0.25, 0.3) is 0 Å². The molecule has 0 saturated heterocycles. The number of nitriles is 1. The highest BCUT2D eigenvalue weighted by atomic mass is 19.1. The number of halogens is 2. The Kier molecular flexibility index (Phi) is 3.49. The van der Waals surface area contributed by atoms with E-state index in [1.807, 2.05) is 6.07 Å². The van der Waals surface area contributed by atoms with Crippen LogP contribution in [0.3, 0.4) is 0 Å². The molecule has 18 heavy (non-hydrogen) atoms. The molecule has 5 heteroatoms. The summed E-state index contributed by atoms with van der Waals surface area (Å²) in [5.41, 5.74) is 0.514. The Bertz CT molecular complexity index is 608. The molecule has 0 aliphatic carbocycles. The first kappa shape index (κ1) is 12.0. The maximum Gasteiger partial charge on any atom is 0.216 e. The third-order valence-corrected chi connectivity index (χ3v) is 2.25. The summed E-state index contributed by atoms with van der Waals surface area (Å²) in [6.45, 7) is -0.0754. The topological polar surface area (TPSA) is 45.9 Å². The first-order chi connectivity index (χ1) is 8.69. The highest BCUT2D eigenvalue weighted by Gasteiger charge is 2.05. The fraction of sp³-hybridized carbons (Fsp3) is 0.0769. The Labute approximate surface area is 102 Å². The number of hydrogen-bond acceptors (Lipinski definition) is 3. The zero-order valence-corrected chi connectivity index (χ0v) is 9.23. The van der Waals surface area contributed by atoms with Crippen molar-refractivity contribution in [2.45, 2.75) is 6.61 Å². The molecule has 0 N–H and O–H groups in total. The van der Waals surface area contributed by atoms with Crippen LogP contribution in [0, 0.1) is 23.1 Å². The predicted octanol–water partition coefficient (Wildman–Crippen LogP) is 2.81. The minimum Gasteiger partial charge on any atom is -0.473 e. The van der Waals surface area contributed by atoms with E-state index in [4.69, 9.17) is 10.00 Å². The molecular formula is C13H8F2N2O. The number of aromatic nitrogens is 1. The van der Waals surface area contributed by atoms with E-state index in [-0.39, 0.29) is 23.6 Å². The molecule has 0 unspecified atom stereocenters. The van der Waals surface area contributed by atoms with Crippen molar-refractivity contribution in [1.29, 1.82) is 5.26 Å². The van der Waals surface area contributed by atoms with Gasteiger partial charge in [0.1, 0.15) is 12.4 Å². The molecule has 0 fully saturated rings. The number of benzene rings is 1. The van der Waals surface area contributed by atoms with Gasteiger partial charge < -0.3 is 4.74 Å². The van der Waals surface area contributed by atoms with Crippen LogP contribution in [-0.4, -0.2) is 4.98 Å². The third kappa shape index (κ3) is 2.80. The van der Waals surface area contributed by atoms with Gasteiger partial charge in [0.2, 0.25) is 11.8 Å². The van der Waals surface area contributed by atoms with E-state index in [9.17, 15) is 8.78 Å². The van der Waals surface area contributed by atoms with E-state index in [0.717, 1.165) is 6.07 Å². The van der Waals surface area contributed by atoms with Crippen molar-refractivity contribution in [1.82, 2.24) is 4.98 Å². The van der Waals surface area contributed by atoms with Crippen LogP contribution in [0.15, 0.2) is 36.4 Å². The molecule has 1 aromatic carbocycles. The lowest BCUT2D eigenvalue weighted by molar-refractivity contribution is 0.283. The summed E-state index contributed by atoms with van der Waals surface area (Å²) < 4.78 is 31.4. The summed E-state index contributed by atoms with van der Waals surface area (Å²) in [5.74, 6) is -1.11. The minimum atomic E-state index is -0.659. The summed E-state index contributed by atoms with van der Waals surface area (Å²) in [4.78, 5) is 3.49.